The molecule has 0 saturated heterocycles. The maximum atomic E-state index is 13.3. The number of likely N-dealkylation sites (N-methyl/N-ethyl adjacent to an activating group) is 2. The number of para-hydroxylation sites is 1. The van der Waals surface area contributed by atoms with Gasteiger partial charge < -0.3 is 34.7 Å². The van der Waals surface area contributed by atoms with Gasteiger partial charge in [0.05, 0.1) is 29.9 Å². The van der Waals surface area contributed by atoms with E-state index in [1.807, 2.05) is 63.4 Å². The van der Waals surface area contributed by atoms with Crippen molar-refractivity contribution in [3.05, 3.63) is 84.5 Å². The maximum Gasteiger partial charge on any atom is 0.266 e. The number of anilines is 4. The van der Waals surface area contributed by atoms with Gasteiger partial charge in [0.15, 0.2) is 0 Å². The summed E-state index contributed by atoms with van der Waals surface area (Å²) in [5.74, 6) is 0.370. The van der Waals surface area contributed by atoms with Crippen molar-refractivity contribution in [2.24, 2.45) is 7.05 Å². The highest BCUT2D eigenvalue weighted by Crippen LogP contribution is 2.38. The average molecular weight is 590 g/mol. The number of H-pyrrole nitrogens is 1. The Morgan fingerprint density at radius 3 is 2.66 bits per heavy atom. The van der Waals surface area contributed by atoms with Gasteiger partial charge in [-0.05, 0) is 50.5 Å². The predicted octanol–water partition coefficient (Wildman–Crippen LogP) is 5.26. The second-order valence-electron chi connectivity index (χ2n) is 10.6. The molecule has 0 bridgehead atoms. The van der Waals surface area contributed by atoms with Crippen molar-refractivity contribution in [1.29, 1.82) is 5.26 Å². The molecule has 0 saturated carbocycles. The molecule has 1 amide bonds. The number of amides is 1. The van der Waals surface area contributed by atoms with Gasteiger partial charge in [-0.1, -0.05) is 18.2 Å². The predicted molar refractivity (Wildman–Crippen MR) is 175 cm³/mol. The van der Waals surface area contributed by atoms with Crippen molar-refractivity contribution in [3.63, 3.8) is 0 Å². The smallest absolute Gasteiger partial charge is 0.266 e. The first-order chi connectivity index (χ1) is 21.3. The molecule has 11 heteroatoms. The second-order valence-corrected chi connectivity index (χ2v) is 10.6. The number of nitrogens with zero attached hydrogens (tertiary/aromatic N) is 6. The van der Waals surface area contributed by atoms with Crippen molar-refractivity contribution in [3.8, 4) is 23.1 Å². The van der Waals surface area contributed by atoms with Gasteiger partial charge in [0.2, 0.25) is 5.95 Å². The van der Waals surface area contributed by atoms with E-state index in [0.717, 1.165) is 34.4 Å². The summed E-state index contributed by atoms with van der Waals surface area (Å²) in [5, 5.41) is 17.1. The van der Waals surface area contributed by atoms with Crippen molar-refractivity contribution < 1.29 is 9.53 Å². The highest BCUT2D eigenvalue weighted by molar-refractivity contribution is 6.11. The van der Waals surface area contributed by atoms with Gasteiger partial charge in [-0.25, -0.2) is 9.97 Å². The molecule has 3 aromatic heterocycles. The number of methoxy groups -OCH3 is 1. The topological polar surface area (TPSA) is 127 Å². The molecule has 0 aliphatic carbocycles. The number of aromatic amines is 1. The number of carbonyl (C=O) groups is 1. The number of nitrogens with one attached hydrogen (secondary N) is 3. The first kappa shape index (κ1) is 29.9. The van der Waals surface area contributed by atoms with Gasteiger partial charge in [0, 0.05) is 74.0 Å². The van der Waals surface area contributed by atoms with E-state index in [2.05, 4.69) is 48.4 Å². The van der Waals surface area contributed by atoms with Crippen molar-refractivity contribution in [1.82, 2.24) is 24.4 Å². The molecule has 0 aliphatic heterocycles. The molecule has 224 valence electrons. The van der Waals surface area contributed by atoms with Gasteiger partial charge >= 0.3 is 0 Å². The minimum absolute atomic E-state index is 0.0363. The molecule has 0 aliphatic rings. The lowest BCUT2D eigenvalue weighted by atomic mass is 10.1. The quantitative estimate of drug-likeness (QED) is 0.141. The average Bonchev–Trinajstić information content (AvgIpc) is 3.66. The Bertz CT molecular complexity index is 1850. The Labute approximate surface area is 256 Å². The Hall–Kier alpha value is -5.60. The van der Waals surface area contributed by atoms with Crippen LogP contribution in [0.2, 0.25) is 0 Å². The van der Waals surface area contributed by atoms with E-state index in [0.29, 0.717) is 35.3 Å². The Kier molecular flexibility index (Phi) is 8.93. The van der Waals surface area contributed by atoms with E-state index >= 15 is 0 Å². The number of aromatic nitrogens is 4. The summed E-state index contributed by atoms with van der Waals surface area (Å²) in [6.45, 7) is 1.47. The number of hydrogen-bond acceptors (Lipinski definition) is 8. The number of fused-ring (bicyclic) bond motifs is 1. The van der Waals surface area contributed by atoms with Crippen LogP contribution >= 0.6 is 0 Å². The molecule has 3 heterocycles. The van der Waals surface area contributed by atoms with Crippen LogP contribution in [0.15, 0.2) is 78.8 Å². The van der Waals surface area contributed by atoms with Crippen molar-refractivity contribution >= 4 is 45.9 Å². The molecule has 11 nitrogen and oxygen atoms in total. The van der Waals surface area contributed by atoms with E-state index in [1.54, 1.807) is 37.7 Å². The SMILES string of the molecule is COc1cc(N(C)CCN(C)C)c(NC(=O)C(C#N)=Cc2ccc[nH]2)cc1Nc1nccc(-c2cn(C)c3ccccc23)n1. The number of ether oxygens (including phenoxy) is 1. The minimum atomic E-state index is -0.533. The van der Waals surface area contributed by atoms with Gasteiger partial charge in [-0.3, -0.25) is 4.79 Å². The largest absolute Gasteiger partial charge is 0.494 e. The van der Waals surface area contributed by atoms with Crippen molar-refractivity contribution in [2.45, 2.75) is 0 Å². The van der Waals surface area contributed by atoms with Crippen molar-refractivity contribution in [2.75, 3.05) is 56.9 Å². The molecular formula is C33H35N9O2. The van der Waals surface area contributed by atoms with Crippen LogP contribution in [-0.2, 0) is 11.8 Å². The molecule has 5 aromatic rings. The summed E-state index contributed by atoms with van der Waals surface area (Å²) < 4.78 is 7.84. The number of benzene rings is 2. The summed E-state index contributed by atoms with van der Waals surface area (Å²) in [4.78, 5) is 29.7. The van der Waals surface area contributed by atoms with E-state index < -0.39 is 5.91 Å². The minimum Gasteiger partial charge on any atom is -0.494 e. The number of hydrogen-bond donors (Lipinski definition) is 3. The van der Waals surface area contributed by atoms with Crippen LogP contribution in [0.1, 0.15) is 5.69 Å². The molecule has 0 spiro atoms. The molecule has 44 heavy (non-hydrogen) atoms. The molecule has 2 aromatic carbocycles. The molecular weight excluding hydrogens is 554 g/mol. The van der Waals surface area contributed by atoms with Crippen LogP contribution < -0.4 is 20.3 Å². The van der Waals surface area contributed by atoms with E-state index in [1.165, 1.54) is 6.08 Å². The van der Waals surface area contributed by atoms with Crippen LogP contribution in [0, 0.1) is 11.3 Å². The van der Waals surface area contributed by atoms with Gasteiger partial charge in [-0.15, -0.1) is 0 Å². The number of aryl methyl sites for hydroxylation is 1. The Morgan fingerprint density at radius 1 is 1.11 bits per heavy atom. The first-order valence-electron chi connectivity index (χ1n) is 14.1. The second kappa shape index (κ2) is 13.1. The molecule has 3 N–H and O–H groups in total. The van der Waals surface area contributed by atoms with E-state index in [9.17, 15) is 10.1 Å². The van der Waals surface area contributed by atoms with E-state index in [-0.39, 0.29) is 5.57 Å². The van der Waals surface area contributed by atoms with Crippen LogP contribution in [0.4, 0.5) is 23.0 Å². The highest BCUT2D eigenvalue weighted by atomic mass is 16.5. The lowest BCUT2D eigenvalue weighted by molar-refractivity contribution is -0.112. The van der Waals surface area contributed by atoms with Crippen LogP contribution in [-0.4, -0.2) is 71.7 Å². The van der Waals surface area contributed by atoms with Crippen LogP contribution in [0.25, 0.3) is 28.2 Å². The lowest BCUT2D eigenvalue weighted by Gasteiger charge is -2.26. The fourth-order valence-corrected chi connectivity index (χ4v) is 4.88. The number of rotatable bonds is 11. The van der Waals surface area contributed by atoms with Gasteiger partial charge in [0.25, 0.3) is 5.91 Å². The summed E-state index contributed by atoms with van der Waals surface area (Å²) in [6, 6.07) is 19.3. The lowest BCUT2D eigenvalue weighted by Crippen LogP contribution is -2.29. The third kappa shape index (κ3) is 6.56. The maximum absolute atomic E-state index is 13.3. The zero-order valence-corrected chi connectivity index (χ0v) is 25.4. The summed E-state index contributed by atoms with van der Waals surface area (Å²) >= 11 is 0. The van der Waals surface area contributed by atoms with Gasteiger partial charge in [-0.2, -0.15) is 5.26 Å². The summed E-state index contributed by atoms with van der Waals surface area (Å²) in [6.07, 6.45) is 7.00. The third-order valence-electron chi connectivity index (χ3n) is 7.22. The third-order valence-corrected chi connectivity index (χ3v) is 7.22. The highest BCUT2D eigenvalue weighted by Gasteiger charge is 2.19. The molecule has 0 fully saturated rings. The summed E-state index contributed by atoms with van der Waals surface area (Å²) in [7, 11) is 9.54. The standard InChI is InChI=1S/C33H35N9O2/c1-40(2)15-16-41(3)30-19-31(44-5)28(18-27(30)37-32(43)22(20-34)17-23-9-8-13-35-23)39-33-36-14-12-26(38-33)25-21-42(4)29-11-7-6-10-24(25)29/h6-14,17-19,21,35H,15-16H2,1-5H3,(H,37,43)(H,36,38,39). The van der Waals surface area contributed by atoms with Crippen LogP contribution in [0.3, 0.4) is 0 Å². The Balaban J connectivity index is 1.51. The number of carbonyl (C=O) groups excluding carboxylic acids is 1. The number of nitriles is 1. The normalized spacial score (nSPS) is 11.4. The first-order valence-corrected chi connectivity index (χ1v) is 14.1. The summed E-state index contributed by atoms with van der Waals surface area (Å²) in [5.41, 5.74) is 5.25. The van der Waals surface area contributed by atoms with Crippen LogP contribution in [0.5, 0.6) is 5.75 Å². The van der Waals surface area contributed by atoms with Gasteiger partial charge in [0.1, 0.15) is 17.4 Å². The van der Waals surface area contributed by atoms with E-state index in [4.69, 9.17) is 9.72 Å². The molecule has 0 radical (unpaired) electrons. The zero-order chi connectivity index (χ0) is 31.2. The zero-order valence-electron chi connectivity index (χ0n) is 25.4. The fourth-order valence-electron chi connectivity index (χ4n) is 4.88. The Morgan fingerprint density at radius 2 is 1.93 bits per heavy atom. The monoisotopic (exact) mass is 589 g/mol. The fraction of sp³-hybridized carbons (Fsp3) is 0.212. The molecule has 0 unspecified atom stereocenters. The molecule has 5 rings (SSSR count). The molecule has 0 atom stereocenters.